The summed E-state index contributed by atoms with van der Waals surface area (Å²) in [6.45, 7) is 4.03. The molecule has 4 heteroatoms. The molecule has 0 saturated carbocycles. The first-order valence-corrected chi connectivity index (χ1v) is 9.21. The number of rotatable bonds is 9. The summed E-state index contributed by atoms with van der Waals surface area (Å²) < 4.78 is 7.95. The van der Waals surface area contributed by atoms with Gasteiger partial charge >= 0.3 is 0 Å². The number of nitrogens with zero attached hydrogens (tertiary/aromatic N) is 1. The molecule has 3 aromatic rings. The lowest BCUT2D eigenvalue weighted by Gasteiger charge is -2.13. The molecule has 1 atom stereocenters. The van der Waals surface area contributed by atoms with E-state index in [-0.39, 0.29) is 12.0 Å². The van der Waals surface area contributed by atoms with Crippen molar-refractivity contribution in [2.45, 2.75) is 32.4 Å². The zero-order valence-electron chi connectivity index (χ0n) is 15.2. The zero-order valence-corrected chi connectivity index (χ0v) is 15.2. The number of nitrogens with one attached hydrogen (secondary N) is 1. The molecule has 136 valence electrons. The number of hydrogen-bond donors (Lipinski definition) is 1. The second kappa shape index (κ2) is 9.20. The summed E-state index contributed by atoms with van der Waals surface area (Å²) in [5.74, 6) is 0.0823. The largest absolute Gasteiger partial charge is 0.374 e. The molecule has 1 unspecified atom stereocenters. The number of carbonyl (C=O) groups excluding carboxylic acids is 1. The molecule has 0 fully saturated rings. The lowest BCUT2D eigenvalue weighted by Crippen LogP contribution is -2.26. The molecule has 1 amide bonds. The van der Waals surface area contributed by atoms with Crippen molar-refractivity contribution in [3.05, 3.63) is 72.4 Å². The summed E-state index contributed by atoms with van der Waals surface area (Å²) in [7, 11) is 0. The number of carbonyl (C=O) groups is 1. The number of fused-ring (bicyclic) bond motifs is 1. The normalized spacial score (nSPS) is 12.2. The molecule has 4 nitrogen and oxygen atoms in total. The van der Waals surface area contributed by atoms with Gasteiger partial charge in [0.05, 0.1) is 6.10 Å². The first-order chi connectivity index (χ1) is 12.7. The van der Waals surface area contributed by atoms with E-state index in [9.17, 15) is 4.79 Å². The Labute approximate surface area is 154 Å². The highest BCUT2D eigenvalue weighted by atomic mass is 16.5. The average Bonchev–Trinajstić information content (AvgIpc) is 3.10. The molecule has 0 spiro atoms. The average molecular weight is 350 g/mol. The smallest absolute Gasteiger partial charge is 0.221 e. The molecule has 0 radical (unpaired) electrons. The van der Waals surface area contributed by atoms with E-state index in [1.54, 1.807) is 0 Å². The van der Waals surface area contributed by atoms with Crippen LogP contribution in [0.4, 0.5) is 0 Å². The molecule has 1 aromatic heterocycles. The Balaban J connectivity index is 1.32. The van der Waals surface area contributed by atoms with Crippen LogP contribution in [0.2, 0.25) is 0 Å². The molecule has 26 heavy (non-hydrogen) atoms. The number of para-hydroxylation sites is 1. The number of amides is 1. The molecule has 1 N–H and O–H groups in total. The third-order valence-electron chi connectivity index (χ3n) is 4.54. The summed E-state index contributed by atoms with van der Waals surface area (Å²) in [6, 6.07) is 20.5. The summed E-state index contributed by atoms with van der Waals surface area (Å²) in [5.41, 5.74) is 2.35. The molecule has 0 aliphatic carbocycles. The van der Waals surface area contributed by atoms with Crippen LogP contribution in [-0.2, 0) is 16.1 Å². The summed E-state index contributed by atoms with van der Waals surface area (Å²) >= 11 is 0. The predicted molar refractivity (Wildman–Crippen MR) is 105 cm³/mol. The molecule has 0 aliphatic heterocycles. The first kappa shape index (κ1) is 18.2. The Morgan fingerprint density at radius 2 is 1.85 bits per heavy atom. The van der Waals surface area contributed by atoms with Gasteiger partial charge in [-0.15, -0.1) is 0 Å². The van der Waals surface area contributed by atoms with Gasteiger partial charge in [0, 0.05) is 37.8 Å². The van der Waals surface area contributed by atoms with Crippen molar-refractivity contribution >= 4 is 16.8 Å². The maximum atomic E-state index is 12.0. The number of benzene rings is 2. The van der Waals surface area contributed by atoms with Gasteiger partial charge in [-0.2, -0.15) is 0 Å². The molecule has 0 saturated heterocycles. The van der Waals surface area contributed by atoms with Crippen molar-refractivity contribution in [2.75, 3.05) is 13.2 Å². The van der Waals surface area contributed by atoms with Crippen molar-refractivity contribution < 1.29 is 9.53 Å². The van der Waals surface area contributed by atoms with Crippen LogP contribution in [0.5, 0.6) is 0 Å². The fraction of sp³-hybridized carbons (Fsp3) is 0.318. The topological polar surface area (TPSA) is 43.3 Å². The molecule has 0 bridgehead atoms. The maximum absolute atomic E-state index is 12.0. The summed E-state index contributed by atoms with van der Waals surface area (Å²) in [5, 5.41) is 4.18. The Kier molecular flexibility index (Phi) is 6.45. The fourth-order valence-corrected chi connectivity index (χ4v) is 3.03. The van der Waals surface area contributed by atoms with Crippen LogP contribution in [0.1, 0.15) is 31.4 Å². The van der Waals surface area contributed by atoms with Crippen LogP contribution in [0.3, 0.4) is 0 Å². The van der Waals surface area contributed by atoms with Crippen LogP contribution in [0, 0.1) is 0 Å². The van der Waals surface area contributed by atoms with Crippen LogP contribution in [-0.4, -0.2) is 23.6 Å². The van der Waals surface area contributed by atoms with Crippen LogP contribution < -0.4 is 5.32 Å². The Morgan fingerprint density at radius 3 is 2.69 bits per heavy atom. The summed E-state index contributed by atoms with van der Waals surface area (Å²) in [4.78, 5) is 12.0. The van der Waals surface area contributed by atoms with Crippen molar-refractivity contribution in [3.8, 4) is 0 Å². The second-order valence-corrected chi connectivity index (χ2v) is 6.45. The number of hydrogen-bond acceptors (Lipinski definition) is 2. The molecular formula is C22H26N2O2. The van der Waals surface area contributed by atoms with Gasteiger partial charge < -0.3 is 14.6 Å². The van der Waals surface area contributed by atoms with Gasteiger partial charge in [0.15, 0.2) is 0 Å². The molecule has 3 rings (SSSR count). The summed E-state index contributed by atoms with van der Waals surface area (Å²) in [6.07, 6.45) is 3.42. The van der Waals surface area contributed by atoms with Gasteiger partial charge in [-0.3, -0.25) is 4.79 Å². The predicted octanol–water partition coefficient (Wildman–Crippen LogP) is 4.32. The fourth-order valence-electron chi connectivity index (χ4n) is 3.03. The highest BCUT2D eigenvalue weighted by molar-refractivity contribution is 5.80. The van der Waals surface area contributed by atoms with E-state index in [2.05, 4.69) is 47.1 Å². The maximum Gasteiger partial charge on any atom is 0.221 e. The molecule has 2 aromatic carbocycles. The molecule has 0 aliphatic rings. The third kappa shape index (κ3) is 4.96. The number of aromatic nitrogens is 1. The van der Waals surface area contributed by atoms with E-state index < -0.39 is 0 Å². The minimum atomic E-state index is 0.0777. The van der Waals surface area contributed by atoms with E-state index in [1.807, 2.05) is 36.5 Å². The van der Waals surface area contributed by atoms with Crippen molar-refractivity contribution in [3.63, 3.8) is 0 Å². The quantitative estimate of drug-likeness (QED) is 0.584. The Hall–Kier alpha value is -2.59. The highest BCUT2D eigenvalue weighted by Crippen LogP contribution is 2.16. The van der Waals surface area contributed by atoms with Gasteiger partial charge in [0.25, 0.3) is 0 Å². The SMILES string of the molecule is CC(OCCCNC(=O)CCn1ccc2ccccc21)c1ccccc1. The van der Waals surface area contributed by atoms with E-state index in [0.717, 1.165) is 6.42 Å². The van der Waals surface area contributed by atoms with Crippen LogP contribution >= 0.6 is 0 Å². The van der Waals surface area contributed by atoms with E-state index in [0.29, 0.717) is 26.1 Å². The van der Waals surface area contributed by atoms with E-state index in [4.69, 9.17) is 4.74 Å². The van der Waals surface area contributed by atoms with Gasteiger partial charge in [0.1, 0.15) is 0 Å². The van der Waals surface area contributed by atoms with E-state index >= 15 is 0 Å². The number of ether oxygens (including phenoxy) is 1. The number of aryl methyl sites for hydroxylation is 1. The third-order valence-corrected chi connectivity index (χ3v) is 4.54. The standard InChI is InChI=1S/C22H26N2O2/c1-18(19-8-3-2-4-9-19)26-17-7-14-23-22(25)13-16-24-15-12-20-10-5-6-11-21(20)24/h2-6,8-12,15,18H,7,13-14,16-17H2,1H3,(H,23,25). The van der Waals surface area contributed by atoms with Crippen molar-refractivity contribution in [2.24, 2.45) is 0 Å². The van der Waals surface area contributed by atoms with Gasteiger partial charge in [0.2, 0.25) is 5.91 Å². The lowest BCUT2D eigenvalue weighted by molar-refractivity contribution is -0.121. The minimum absolute atomic E-state index is 0.0777. The second-order valence-electron chi connectivity index (χ2n) is 6.45. The first-order valence-electron chi connectivity index (χ1n) is 9.21. The van der Waals surface area contributed by atoms with Gasteiger partial charge in [-0.25, -0.2) is 0 Å². The lowest BCUT2D eigenvalue weighted by atomic mass is 10.1. The minimum Gasteiger partial charge on any atom is -0.374 e. The van der Waals surface area contributed by atoms with E-state index in [1.165, 1.54) is 16.5 Å². The van der Waals surface area contributed by atoms with Crippen LogP contribution in [0.25, 0.3) is 10.9 Å². The Morgan fingerprint density at radius 1 is 1.08 bits per heavy atom. The van der Waals surface area contributed by atoms with Crippen LogP contribution in [0.15, 0.2) is 66.9 Å². The zero-order chi connectivity index (χ0) is 18.2. The molecular weight excluding hydrogens is 324 g/mol. The Bertz CT molecular complexity index is 826. The molecule has 1 heterocycles. The van der Waals surface area contributed by atoms with Gasteiger partial charge in [-0.05, 0) is 36.4 Å². The van der Waals surface area contributed by atoms with Crippen molar-refractivity contribution in [1.29, 1.82) is 0 Å². The monoisotopic (exact) mass is 350 g/mol. The van der Waals surface area contributed by atoms with Crippen molar-refractivity contribution in [1.82, 2.24) is 9.88 Å². The highest BCUT2D eigenvalue weighted by Gasteiger charge is 2.06. The van der Waals surface area contributed by atoms with Gasteiger partial charge in [-0.1, -0.05) is 48.5 Å².